The molecule has 0 aliphatic carbocycles. The third kappa shape index (κ3) is 5.70. The normalized spacial score (nSPS) is 14.2. The van der Waals surface area contributed by atoms with Gasteiger partial charge in [-0.2, -0.15) is 5.26 Å². The van der Waals surface area contributed by atoms with Gasteiger partial charge < -0.3 is 9.30 Å². The highest BCUT2D eigenvalue weighted by Crippen LogP contribution is 2.35. The Morgan fingerprint density at radius 3 is 2.44 bits per heavy atom. The number of amides is 2. The molecule has 1 aliphatic rings. The average Bonchev–Trinajstić information content (AvgIpc) is 3.37. The third-order valence-electron chi connectivity index (χ3n) is 6.51. The smallest absolute Gasteiger partial charge is 0.293 e. The number of rotatable bonds is 7. The number of benzene rings is 3. The molecule has 0 N–H and O–H groups in total. The molecule has 6 nitrogen and oxygen atoms in total. The summed E-state index contributed by atoms with van der Waals surface area (Å²) in [6.07, 6.45) is 1.77. The van der Waals surface area contributed by atoms with Gasteiger partial charge in [0, 0.05) is 21.5 Å². The number of thioether (sulfide) groups is 1. The molecule has 0 saturated carbocycles. The molecular formula is C31H24BrN3O3S. The average molecular weight is 599 g/mol. The number of hydrogen-bond acceptors (Lipinski definition) is 5. The van der Waals surface area contributed by atoms with Gasteiger partial charge in [-0.1, -0.05) is 46.3 Å². The summed E-state index contributed by atoms with van der Waals surface area (Å²) < 4.78 is 9.08. The minimum atomic E-state index is -0.352. The fourth-order valence-electron chi connectivity index (χ4n) is 4.48. The molecule has 2 amide bonds. The number of ether oxygens (including phenoxy) is 1. The Morgan fingerprint density at radius 1 is 1.00 bits per heavy atom. The lowest BCUT2D eigenvalue weighted by Gasteiger charge is -2.13. The van der Waals surface area contributed by atoms with Crippen molar-refractivity contribution in [3.05, 3.63) is 122 Å². The molecule has 1 saturated heterocycles. The van der Waals surface area contributed by atoms with Gasteiger partial charge in [0.1, 0.15) is 12.4 Å². The Labute approximate surface area is 239 Å². The number of carbonyl (C=O) groups is 2. The van der Waals surface area contributed by atoms with Crippen molar-refractivity contribution in [1.29, 1.82) is 5.26 Å². The van der Waals surface area contributed by atoms with Crippen molar-refractivity contribution >= 4 is 44.9 Å². The fourth-order valence-corrected chi connectivity index (χ4v) is 5.58. The van der Waals surface area contributed by atoms with Crippen LogP contribution in [0.5, 0.6) is 5.75 Å². The van der Waals surface area contributed by atoms with Crippen LogP contribution in [0.25, 0.3) is 11.8 Å². The predicted octanol–water partition coefficient (Wildman–Crippen LogP) is 7.54. The van der Waals surface area contributed by atoms with Gasteiger partial charge in [0.15, 0.2) is 0 Å². The molecule has 39 heavy (non-hydrogen) atoms. The molecule has 8 heteroatoms. The molecule has 3 aromatic carbocycles. The van der Waals surface area contributed by atoms with Crippen LogP contribution >= 0.6 is 27.7 Å². The van der Waals surface area contributed by atoms with E-state index in [1.807, 2.05) is 68.4 Å². The zero-order valence-electron chi connectivity index (χ0n) is 21.3. The molecule has 5 rings (SSSR count). The molecule has 1 aliphatic heterocycles. The summed E-state index contributed by atoms with van der Waals surface area (Å²) in [5, 5.41) is 9.01. The molecule has 194 valence electrons. The quantitative estimate of drug-likeness (QED) is 0.206. The zero-order chi connectivity index (χ0) is 27.5. The number of imide groups is 1. The predicted molar refractivity (Wildman–Crippen MR) is 156 cm³/mol. The van der Waals surface area contributed by atoms with Crippen molar-refractivity contribution in [2.24, 2.45) is 0 Å². The summed E-state index contributed by atoms with van der Waals surface area (Å²) in [5.74, 6) is 0.422. The lowest BCUT2D eigenvalue weighted by molar-refractivity contribution is -0.123. The van der Waals surface area contributed by atoms with Crippen LogP contribution in [0.3, 0.4) is 0 Å². The maximum atomic E-state index is 13.1. The summed E-state index contributed by atoms with van der Waals surface area (Å²) in [7, 11) is 0. The highest BCUT2D eigenvalue weighted by atomic mass is 79.9. The van der Waals surface area contributed by atoms with E-state index in [0.717, 1.165) is 50.2 Å². The third-order valence-corrected chi connectivity index (χ3v) is 7.95. The van der Waals surface area contributed by atoms with Gasteiger partial charge in [0.2, 0.25) is 0 Å². The second kappa shape index (κ2) is 11.4. The van der Waals surface area contributed by atoms with Crippen molar-refractivity contribution < 1.29 is 14.3 Å². The van der Waals surface area contributed by atoms with Crippen molar-refractivity contribution in [3.8, 4) is 17.5 Å². The van der Waals surface area contributed by atoms with Crippen LogP contribution in [0.4, 0.5) is 4.79 Å². The standard InChI is InChI=1S/C31H24BrN3O3S/c1-20-15-25(16-29-30(36)34(31(37)39-29)18-24-6-4-3-5-23(24)17-33)21(2)35(20)27-11-13-28(14-12-27)38-19-22-7-9-26(32)10-8-22/h3-16H,18-19H2,1-2H3/b29-16+. The number of aryl methyl sites for hydroxylation is 1. The van der Waals surface area contributed by atoms with E-state index in [1.165, 1.54) is 4.90 Å². The number of aromatic nitrogens is 1. The Hall–Kier alpha value is -4.06. The van der Waals surface area contributed by atoms with Crippen molar-refractivity contribution in [3.63, 3.8) is 0 Å². The van der Waals surface area contributed by atoms with Crippen molar-refractivity contribution in [2.75, 3.05) is 0 Å². The SMILES string of the molecule is Cc1cc(/C=C2/SC(=O)N(Cc3ccccc3C#N)C2=O)c(C)n1-c1ccc(OCc2ccc(Br)cc2)cc1. The van der Waals surface area contributed by atoms with E-state index < -0.39 is 0 Å². The van der Waals surface area contributed by atoms with Crippen LogP contribution in [0.15, 0.2) is 88.2 Å². The van der Waals surface area contributed by atoms with Gasteiger partial charge in [-0.05, 0) is 96.9 Å². The number of carbonyl (C=O) groups excluding carboxylic acids is 2. The van der Waals surface area contributed by atoms with E-state index in [-0.39, 0.29) is 17.7 Å². The van der Waals surface area contributed by atoms with Crippen molar-refractivity contribution in [1.82, 2.24) is 9.47 Å². The van der Waals surface area contributed by atoms with Crippen LogP contribution in [0, 0.1) is 25.2 Å². The van der Waals surface area contributed by atoms with E-state index in [9.17, 15) is 14.9 Å². The van der Waals surface area contributed by atoms with Crippen LogP contribution < -0.4 is 4.74 Å². The molecule has 0 unspecified atom stereocenters. The summed E-state index contributed by atoms with van der Waals surface area (Å²) in [6, 6.07) is 27.0. The Morgan fingerprint density at radius 2 is 1.72 bits per heavy atom. The molecule has 0 spiro atoms. The van der Waals surface area contributed by atoms with E-state index >= 15 is 0 Å². The topological polar surface area (TPSA) is 75.3 Å². The Bertz CT molecular complexity index is 1630. The zero-order valence-corrected chi connectivity index (χ0v) is 23.8. The molecular weight excluding hydrogens is 574 g/mol. The highest BCUT2D eigenvalue weighted by molar-refractivity contribution is 9.10. The number of nitrogens with zero attached hydrogens (tertiary/aromatic N) is 3. The number of hydrogen-bond donors (Lipinski definition) is 0. The van der Waals surface area contributed by atoms with Gasteiger partial charge in [0.05, 0.1) is 23.1 Å². The second-order valence-corrected chi connectivity index (χ2v) is 11.0. The maximum Gasteiger partial charge on any atom is 0.293 e. The number of halogens is 1. The summed E-state index contributed by atoms with van der Waals surface area (Å²) in [6.45, 7) is 4.55. The lowest BCUT2D eigenvalue weighted by atomic mass is 10.1. The van der Waals surface area contributed by atoms with E-state index in [2.05, 4.69) is 26.6 Å². The van der Waals surface area contributed by atoms with Gasteiger partial charge in [-0.25, -0.2) is 0 Å². The minimum absolute atomic E-state index is 0.0704. The molecule has 1 fully saturated rings. The molecule has 0 bridgehead atoms. The first kappa shape index (κ1) is 26.5. The van der Waals surface area contributed by atoms with E-state index in [4.69, 9.17) is 4.74 Å². The molecule has 1 aromatic heterocycles. The first-order valence-electron chi connectivity index (χ1n) is 12.2. The van der Waals surface area contributed by atoms with Crippen LogP contribution in [-0.2, 0) is 17.9 Å². The van der Waals surface area contributed by atoms with Crippen molar-refractivity contribution in [2.45, 2.75) is 27.0 Å². The highest BCUT2D eigenvalue weighted by Gasteiger charge is 2.35. The van der Waals surface area contributed by atoms with Crippen LogP contribution in [0.2, 0.25) is 0 Å². The van der Waals surface area contributed by atoms with Crippen LogP contribution in [-0.4, -0.2) is 20.6 Å². The largest absolute Gasteiger partial charge is 0.489 e. The summed E-state index contributed by atoms with van der Waals surface area (Å²) >= 11 is 4.37. The first-order valence-corrected chi connectivity index (χ1v) is 13.8. The molecule has 0 atom stereocenters. The Balaban J connectivity index is 1.32. The van der Waals surface area contributed by atoms with E-state index in [0.29, 0.717) is 22.6 Å². The lowest BCUT2D eigenvalue weighted by Crippen LogP contribution is -2.27. The van der Waals surface area contributed by atoms with Gasteiger partial charge in [-0.3, -0.25) is 14.5 Å². The first-order chi connectivity index (χ1) is 18.8. The van der Waals surface area contributed by atoms with E-state index in [1.54, 1.807) is 30.3 Å². The van der Waals surface area contributed by atoms with Crippen LogP contribution in [0.1, 0.15) is 33.6 Å². The summed E-state index contributed by atoms with van der Waals surface area (Å²) in [4.78, 5) is 27.4. The minimum Gasteiger partial charge on any atom is -0.489 e. The van der Waals surface area contributed by atoms with Gasteiger partial charge in [0.25, 0.3) is 11.1 Å². The molecule has 0 radical (unpaired) electrons. The van der Waals surface area contributed by atoms with Gasteiger partial charge in [-0.15, -0.1) is 0 Å². The van der Waals surface area contributed by atoms with Gasteiger partial charge >= 0.3 is 0 Å². The number of nitriles is 1. The fraction of sp³-hybridized carbons (Fsp3) is 0.129. The summed E-state index contributed by atoms with van der Waals surface area (Å²) in [5.41, 5.74) is 5.98. The monoisotopic (exact) mass is 597 g/mol. The molecule has 2 heterocycles. The maximum absolute atomic E-state index is 13.1. The molecule has 4 aromatic rings. The Kier molecular flexibility index (Phi) is 7.73. The second-order valence-electron chi connectivity index (χ2n) is 9.11.